The van der Waals surface area contributed by atoms with Crippen LogP contribution in [-0.4, -0.2) is 16.1 Å². The lowest BCUT2D eigenvalue weighted by Crippen LogP contribution is -2.22. The van der Waals surface area contributed by atoms with Gasteiger partial charge in [-0.1, -0.05) is 41.4 Å². The summed E-state index contributed by atoms with van der Waals surface area (Å²) < 4.78 is -1.92. The zero-order valence-corrected chi connectivity index (χ0v) is 9.01. The second-order valence-corrected chi connectivity index (χ2v) is 4.45. The van der Waals surface area contributed by atoms with Crippen LogP contribution >= 0.6 is 23.2 Å². The van der Waals surface area contributed by atoms with Crippen molar-refractivity contribution in [2.24, 2.45) is 0 Å². The highest BCUT2D eigenvalue weighted by Crippen LogP contribution is 2.38. The third-order valence-electron chi connectivity index (χ3n) is 2.20. The number of aromatic amines is 1. The highest BCUT2D eigenvalue weighted by atomic mass is 35.5. The fourth-order valence-corrected chi connectivity index (χ4v) is 1.76. The van der Waals surface area contributed by atoms with Crippen molar-refractivity contribution in [3.63, 3.8) is 0 Å². The van der Waals surface area contributed by atoms with E-state index < -0.39 is 10.3 Å². The van der Waals surface area contributed by atoms with Gasteiger partial charge in [0, 0.05) is 22.7 Å². The number of rotatable bonds is 2. The number of H-pyrrole nitrogens is 1. The molecule has 5 heteroatoms. The summed E-state index contributed by atoms with van der Waals surface area (Å²) in [6.07, 6.45) is 1.51. The van der Waals surface area contributed by atoms with Crippen molar-refractivity contribution >= 4 is 40.1 Å². The van der Waals surface area contributed by atoms with Crippen LogP contribution in [-0.2, 0) is 9.13 Å². The maximum Gasteiger partial charge on any atom is 0.345 e. The normalized spacial score (nSPS) is 11.9. The van der Waals surface area contributed by atoms with Crippen molar-refractivity contribution in [3.8, 4) is 0 Å². The molecule has 3 nitrogen and oxygen atoms in total. The largest absolute Gasteiger partial charge is 0.479 e. The van der Waals surface area contributed by atoms with Gasteiger partial charge in [0.25, 0.3) is 0 Å². The average Bonchev–Trinajstić information content (AvgIpc) is 2.61. The number of nitrogens with one attached hydrogen (secondary N) is 1. The fraction of sp³-hybridized carbons (Fsp3) is 0.100. The molecule has 0 unspecified atom stereocenters. The number of para-hydroxylation sites is 1. The van der Waals surface area contributed by atoms with Gasteiger partial charge in [-0.2, -0.15) is 0 Å². The number of benzene rings is 1. The van der Waals surface area contributed by atoms with Crippen LogP contribution in [0, 0.1) is 0 Å². The predicted octanol–water partition coefficient (Wildman–Crippen LogP) is 2.88. The Hall–Kier alpha value is -1.19. The Balaban J connectivity index is 2.67. The van der Waals surface area contributed by atoms with Crippen molar-refractivity contribution in [1.29, 1.82) is 0 Å². The standard InChI is InChI=1S/C10H7Cl2NO2/c11-10(12,9(14)15)7-5-13-8-4-2-1-3-6(7)8/h1-5,13H,(H,14,15). The molecule has 0 aliphatic heterocycles. The molecule has 2 N–H and O–H groups in total. The van der Waals surface area contributed by atoms with Crippen LogP contribution in [0.2, 0.25) is 0 Å². The van der Waals surface area contributed by atoms with Crippen molar-refractivity contribution in [2.75, 3.05) is 0 Å². The van der Waals surface area contributed by atoms with E-state index in [2.05, 4.69) is 4.98 Å². The molecule has 0 amide bonds. The lowest BCUT2D eigenvalue weighted by Gasteiger charge is -2.12. The molecule has 0 saturated carbocycles. The minimum absolute atomic E-state index is 0.355. The number of hydrogen-bond acceptors (Lipinski definition) is 1. The van der Waals surface area contributed by atoms with Crippen LogP contribution in [0.3, 0.4) is 0 Å². The van der Waals surface area contributed by atoms with Crippen molar-refractivity contribution in [1.82, 2.24) is 4.98 Å². The molecule has 0 spiro atoms. The van der Waals surface area contributed by atoms with Crippen LogP contribution in [0.1, 0.15) is 5.56 Å². The molecule has 2 rings (SSSR count). The monoisotopic (exact) mass is 243 g/mol. The summed E-state index contributed by atoms with van der Waals surface area (Å²) in [5.41, 5.74) is 1.16. The van der Waals surface area contributed by atoms with E-state index in [1.54, 1.807) is 12.1 Å². The lowest BCUT2D eigenvalue weighted by molar-refractivity contribution is -0.138. The van der Waals surface area contributed by atoms with E-state index in [1.807, 2.05) is 12.1 Å². The Morgan fingerprint density at radius 2 is 2.00 bits per heavy atom. The van der Waals surface area contributed by atoms with Gasteiger partial charge in [-0.15, -0.1) is 0 Å². The smallest absolute Gasteiger partial charge is 0.345 e. The minimum Gasteiger partial charge on any atom is -0.479 e. The quantitative estimate of drug-likeness (QED) is 0.798. The molecule has 0 aliphatic carbocycles. The zero-order chi connectivity index (χ0) is 11.1. The predicted molar refractivity (Wildman–Crippen MR) is 59.3 cm³/mol. The number of alkyl halides is 2. The summed E-state index contributed by atoms with van der Waals surface area (Å²) in [5, 5.41) is 9.61. The van der Waals surface area contributed by atoms with Crippen LogP contribution < -0.4 is 0 Å². The highest BCUT2D eigenvalue weighted by molar-refractivity contribution is 6.57. The number of aromatic nitrogens is 1. The Kier molecular flexibility index (Phi) is 2.37. The van der Waals surface area contributed by atoms with Crippen LogP contribution in [0.25, 0.3) is 10.9 Å². The van der Waals surface area contributed by atoms with E-state index in [-0.39, 0.29) is 0 Å². The fourth-order valence-electron chi connectivity index (χ4n) is 1.45. The summed E-state index contributed by atoms with van der Waals surface area (Å²) in [5.74, 6) is -1.28. The Labute approximate surface area is 95.6 Å². The van der Waals surface area contributed by atoms with Gasteiger partial charge in [0.15, 0.2) is 0 Å². The number of carboxylic acid groups (broad SMARTS) is 1. The Morgan fingerprint density at radius 1 is 1.33 bits per heavy atom. The van der Waals surface area contributed by atoms with Crippen molar-refractivity contribution in [2.45, 2.75) is 4.33 Å². The van der Waals surface area contributed by atoms with Gasteiger partial charge in [-0.05, 0) is 6.07 Å². The van der Waals surface area contributed by atoms with E-state index in [0.29, 0.717) is 10.9 Å². The van der Waals surface area contributed by atoms with E-state index >= 15 is 0 Å². The molecule has 78 valence electrons. The van der Waals surface area contributed by atoms with E-state index in [9.17, 15) is 4.79 Å². The number of fused-ring (bicyclic) bond motifs is 1. The first kappa shape index (κ1) is 10.3. The van der Waals surface area contributed by atoms with E-state index in [1.165, 1.54) is 6.20 Å². The first-order chi connectivity index (χ1) is 7.03. The first-order valence-corrected chi connectivity index (χ1v) is 4.97. The van der Waals surface area contributed by atoms with Gasteiger partial charge >= 0.3 is 5.97 Å². The lowest BCUT2D eigenvalue weighted by atomic mass is 10.1. The number of halogens is 2. The van der Waals surface area contributed by atoms with Gasteiger partial charge in [0.1, 0.15) is 0 Å². The second kappa shape index (κ2) is 3.43. The molecule has 15 heavy (non-hydrogen) atoms. The number of hydrogen-bond donors (Lipinski definition) is 2. The number of carboxylic acids is 1. The summed E-state index contributed by atoms with van der Waals surface area (Å²) in [4.78, 5) is 13.8. The van der Waals surface area contributed by atoms with Gasteiger partial charge in [-0.25, -0.2) is 4.79 Å². The number of carbonyl (C=O) groups is 1. The molecule has 1 aromatic heterocycles. The summed E-state index contributed by atoms with van der Waals surface area (Å²) >= 11 is 11.5. The Morgan fingerprint density at radius 3 is 2.67 bits per heavy atom. The van der Waals surface area contributed by atoms with Gasteiger partial charge in [0.2, 0.25) is 4.33 Å². The maximum atomic E-state index is 10.9. The van der Waals surface area contributed by atoms with Crippen LogP contribution in [0.5, 0.6) is 0 Å². The van der Waals surface area contributed by atoms with Crippen molar-refractivity contribution in [3.05, 3.63) is 36.0 Å². The Bertz CT molecular complexity index is 519. The number of aliphatic carboxylic acids is 1. The molecule has 0 bridgehead atoms. The van der Waals surface area contributed by atoms with Gasteiger partial charge < -0.3 is 10.1 Å². The van der Waals surface area contributed by atoms with Crippen molar-refractivity contribution < 1.29 is 9.90 Å². The van der Waals surface area contributed by atoms with Crippen LogP contribution in [0.4, 0.5) is 0 Å². The first-order valence-electron chi connectivity index (χ1n) is 4.21. The van der Waals surface area contributed by atoms with E-state index in [0.717, 1.165) is 5.52 Å². The molecule has 2 aromatic rings. The molecular weight excluding hydrogens is 237 g/mol. The SMILES string of the molecule is O=C(O)C(Cl)(Cl)c1c[nH]c2ccccc12. The summed E-state index contributed by atoms with van der Waals surface area (Å²) in [7, 11) is 0. The van der Waals surface area contributed by atoms with Gasteiger partial charge in [-0.3, -0.25) is 0 Å². The third-order valence-corrected chi connectivity index (χ3v) is 2.93. The molecule has 0 fully saturated rings. The summed E-state index contributed by atoms with van der Waals surface area (Å²) in [6, 6.07) is 7.23. The average molecular weight is 244 g/mol. The van der Waals surface area contributed by atoms with Gasteiger partial charge in [0.05, 0.1) is 0 Å². The van der Waals surface area contributed by atoms with Crippen LogP contribution in [0.15, 0.2) is 30.5 Å². The topological polar surface area (TPSA) is 53.1 Å². The zero-order valence-electron chi connectivity index (χ0n) is 7.50. The summed E-state index contributed by atoms with van der Waals surface area (Å²) in [6.45, 7) is 0. The minimum atomic E-state index is -1.92. The molecule has 0 saturated heterocycles. The second-order valence-electron chi connectivity index (χ2n) is 3.13. The highest BCUT2D eigenvalue weighted by Gasteiger charge is 2.37. The van der Waals surface area contributed by atoms with E-state index in [4.69, 9.17) is 28.3 Å². The molecular formula is C10H7Cl2NO2. The maximum absolute atomic E-state index is 10.9. The molecule has 1 aromatic carbocycles. The molecule has 0 aliphatic rings. The molecule has 1 heterocycles. The third kappa shape index (κ3) is 1.58. The molecule has 0 radical (unpaired) electrons. The molecule has 0 atom stereocenters.